The van der Waals surface area contributed by atoms with E-state index in [1.165, 1.54) is 5.52 Å². The van der Waals surface area contributed by atoms with Gasteiger partial charge in [0.1, 0.15) is 0 Å². The number of rotatable bonds is 4. The summed E-state index contributed by atoms with van der Waals surface area (Å²) in [6.45, 7) is 3.18. The first-order chi connectivity index (χ1) is 9.28. The Morgan fingerprint density at radius 2 is 2.42 bits per heavy atom. The van der Waals surface area contributed by atoms with Crippen LogP contribution in [0.3, 0.4) is 0 Å². The fourth-order valence-electron chi connectivity index (χ4n) is 2.57. The molecule has 0 amide bonds. The molecule has 2 heterocycles. The van der Waals surface area contributed by atoms with Crippen LogP contribution in [0.1, 0.15) is 12.1 Å². The monoisotopic (exact) mass is 324 g/mol. The summed E-state index contributed by atoms with van der Waals surface area (Å²) in [7, 11) is 1.70. The number of halogens is 1. The van der Waals surface area contributed by atoms with E-state index < -0.39 is 0 Å². The van der Waals surface area contributed by atoms with Gasteiger partial charge in [-0.3, -0.25) is 4.68 Å². The van der Waals surface area contributed by atoms with Crippen molar-refractivity contribution in [3.05, 3.63) is 28.4 Å². The average molecular weight is 325 g/mol. The Balaban J connectivity index is 1.98. The topological polar surface area (TPSA) is 36.3 Å². The molecular weight excluding hydrogens is 308 g/mol. The number of benzene rings is 1. The third kappa shape index (κ3) is 2.68. The Bertz CT molecular complexity index is 576. The summed E-state index contributed by atoms with van der Waals surface area (Å²) in [5.74, 6) is 0.571. The Hall–Kier alpha value is -0.910. The summed E-state index contributed by atoms with van der Waals surface area (Å²) < 4.78 is 13.8. The first-order valence-corrected chi connectivity index (χ1v) is 7.29. The van der Waals surface area contributed by atoms with Gasteiger partial charge in [0.2, 0.25) is 0 Å². The van der Waals surface area contributed by atoms with Crippen molar-refractivity contribution in [1.29, 1.82) is 0 Å². The number of nitrogens with zero attached hydrogens (tertiary/aromatic N) is 2. The molecule has 1 aromatic heterocycles. The fourth-order valence-corrected chi connectivity index (χ4v) is 2.93. The molecular formula is C14H17BrN2O2. The highest BCUT2D eigenvalue weighted by Gasteiger charge is 2.19. The molecule has 1 aliphatic rings. The Labute approximate surface area is 120 Å². The summed E-state index contributed by atoms with van der Waals surface area (Å²) in [5, 5.41) is 5.86. The van der Waals surface area contributed by atoms with Crippen molar-refractivity contribution < 1.29 is 9.47 Å². The van der Waals surface area contributed by atoms with Gasteiger partial charge in [-0.05, 0) is 24.6 Å². The second-order valence-corrected chi connectivity index (χ2v) is 5.87. The van der Waals surface area contributed by atoms with Crippen LogP contribution in [0, 0.1) is 5.92 Å². The van der Waals surface area contributed by atoms with Crippen molar-refractivity contribution in [3.63, 3.8) is 0 Å². The fraction of sp³-hybridized carbons (Fsp3) is 0.500. The number of ether oxygens (including phenoxy) is 2. The largest absolute Gasteiger partial charge is 0.381 e. The maximum atomic E-state index is 5.44. The van der Waals surface area contributed by atoms with Gasteiger partial charge in [0, 0.05) is 36.0 Å². The van der Waals surface area contributed by atoms with Crippen LogP contribution in [0.2, 0.25) is 0 Å². The van der Waals surface area contributed by atoms with Crippen LogP contribution in [0.5, 0.6) is 0 Å². The van der Waals surface area contributed by atoms with E-state index in [4.69, 9.17) is 14.6 Å². The zero-order valence-corrected chi connectivity index (χ0v) is 12.5. The first kappa shape index (κ1) is 13.1. The first-order valence-electron chi connectivity index (χ1n) is 6.49. The van der Waals surface area contributed by atoms with Crippen LogP contribution in [-0.4, -0.2) is 30.1 Å². The highest BCUT2D eigenvalue weighted by Crippen LogP contribution is 2.25. The smallest absolute Gasteiger partial charge is 0.0960 e. The number of hydrogen-bond acceptors (Lipinski definition) is 3. The van der Waals surface area contributed by atoms with E-state index in [1.54, 1.807) is 7.11 Å². The van der Waals surface area contributed by atoms with Crippen molar-refractivity contribution in [3.8, 4) is 0 Å². The van der Waals surface area contributed by atoms with Gasteiger partial charge >= 0.3 is 0 Å². The van der Waals surface area contributed by atoms with Gasteiger partial charge in [0.15, 0.2) is 0 Å². The number of methoxy groups -OCH3 is 1. The average Bonchev–Trinajstić information content (AvgIpc) is 3.00. The summed E-state index contributed by atoms with van der Waals surface area (Å²) in [4.78, 5) is 0. The van der Waals surface area contributed by atoms with Gasteiger partial charge in [0.05, 0.1) is 24.4 Å². The van der Waals surface area contributed by atoms with Gasteiger partial charge in [0.25, 0.3) is 0 Å². The van der Waals surface area contributed by atoms with E-state index >= 15 is 0 Å². The molecule has 1 atom stereocenters. The molecule has 0 spiro atoms. The van der Waals surface area contributed by atoms with Crippen LogP contribution in [0.25, 0.3) is 10.9 Å². The Morgan fingerprint density at radius 3 is 3.16 bits per heavy atom. The van der Waals surface area contributed by atoms with E-state index in [2.05, 4.69) is 38.8 Å². The molecule has 1 aromatic carbocycles. The summed E-state index contributed by atoms with van der Waals surface area (Å²) in [5.41, 5.74) is 2.17. The summed E-state index contributed by atoms with van der Waals surface area (Å²) in [6.07, 6.45) is 1.12. The van der Waals surface area contributed by atoms with Gasteiger partial charge in [-0.15, -0.1) is 0 Å². The van der Waals surface area contributed by atoms with Crippen LogP contribution in [-0.2, 0) is 22.6 Å². The third-order valence-electron chi connectivity index (χ3n) is 3.53. The SMILES string of the molecule is COCc1nn(CC2CCOC2)c2ccc(Br)cc12. The zero-order chi connectivity index (χ0) is 13.2. The minimum atomic E-state index is 0.543. The van der Waals surface area contributed by atoms with E-state index in [9.17, 15) is 0 Å². The maximum Gasteiger partial charge on any atom is 0.0960 e. The highest BCUT2D eigenvalue weighted by molar-refractivity contribution is 9.10. The predicted molar refractivity (Wildman–Crippen MR) is 77.1 cm³/mol. The molecule has 1 saturated heterocycles. The second-order valence-electron chi connectivity index (χ2n) is 4.95. The molecule has 19 heavy (non-hydrogen) atoms. The van der Waals surface area contributed by atoms with E-state index in [0.29, 0.717) is 12.5 Å². The van der Waals surface area contributed by atoms with Crippen molar-refractivity contribution in [2.45, 2.75) is 19.6 Å². The van der Waals surface area contributed by atoms with Crippen molar-refractivity contribution in [1.82, 2.24) is 9.78 Å². The normalized spacial score (nSPS) is 19.4. The van der Waals surface area contributed by atoms with Crippen LogP contribution in [0.15, 0.2) is 22.7 Å². The lowest BCUT2D eigenvalue weighted by Crippen LogP contribution is -2.12. The van der Waals surface area contributed by atoms with Gasteiger partial charge in [-0.25, -0.2) is 0 Å². The minimum absolute atomic E-state index is 0.543. The van der Waals surface area contributed by atoms with E-state index in [-0.39, 0.29) is 0 Å². The molecule has 0 bridgehead atoms. The van der Waals surface area contributed by atoms with E-state index in [0.717, 1.165) is 41.7 Å². The predicted octanol–water partition coefficient (Wildman–Crippen LogP) is 2.98. The van der Waals surface area contributed by atoms with Crippen molar-refractivity contribution in [2.24, 2.45) is 5.92 Å². The standard InChI is InChI=1S/C14H17BrN2O2/c1-18-9-13-12-6-11(15)2-3-14(12)17(16-13)7-10-4-5-19-8-10/h2-3,6,10H,4-5,7-9H2,1H3. The molecule has 0 saturated carbocycles. The zero-order valence-electron chi connectivity index (χ0n) is 10.9. The Morgan fingerprint density at radius 1 is 1.53 bits per heavy atom. The summed E-state index contributed by atoms with van der Waals surface area (Å²) in [6, 6.07) is 6.28. The number of aromatic nitrogens is 2. The maximum absolute atomic E-state index is 5.44. The molecule has 0 radical (unpaired) electrons. The number of hydrogen-bond donors (Lipinski definition) is 0. The molecule has 0 N–H and O–H groups in total. The van der Waals surface area contributed by atoms with Crippen LogP contribution in [0.4, 0.5) is 0 Å². The molecule has 2 aromatic rings. The second kappa shape index (κ2) is 5.61. The number of fused-ring (bicyclic) bond motifs is 1. The van der Waals surface area contributed by atoms with Crippen LogP contribution >= 0.6 is 15.9 Å². The lowest BCUT2D eigenvalue weighted by Gasteiger charge is -2.08. The minimum Gasteiger partial charge on any atom is -0.381 e. The van der Waals surface area contributed by atoms with Gasteiger partial charge < -0.3 is 9.47 Å². The highest BCUT2D eigenvalue weighted by atomic mass is 79.9. The van der Waals surface area contributed by atoms with Crippen molar-refractivity contribution in [2.75, 3.05) is 20.3 Å². The van der Waals surface area contributed by atoms with E-state index in [1.807, 2.05) is 0 Å². The molecule has 3 rings (SSSR count). The summed E-state index contributed by atoms with van der Waals surface area (Å²) >= 11 is 3.52. The Kier molecular flexibility index (Phi) is 3.86. The van der Waals surface area contributed by atoms with Gasteiger partial charge in [-0.2, -0.15) is 5.10 Å². The molecule has 0 aliphatic carbocycles. The van der Waals surface area contributed by atoms with Crippen molar-refractivity contribution >= 4 is 26.8 Å². The molecule has 4 nitrogen and oxygen atoms in total. The van der Waals surface area contributed by atoms with Crippen LogP contribution < -0.4 is 0 Å². The molecule has 1 fully saturated rings. The quantitative estimate of drug-likeness (QED) is 0.867. The molecule has 5 heteroatoms. The lowest BCUT2D eigenvalue weighted by molar-refractivity contribution is 0.178. The molecule has 102 valence electrons. The molecule has 1 aliphatic heterocycles. The van der Waals surface area contributed by atoms with Gasteiger partial charge in [-0.1, -0.05) is 15.9 Å². The third-order valence-corrected chi connectivity index (χ3v) is 4.02. The lowest BCUT2D eigenvalue weighted by atomic mass is 10.1. The molecule has 1 unspecified atom stereocenters.